The molecule has 19 heavy (non-hydrogen) atoms. The predicted molar refractivity (Wildman–Crippen MR) is 79.9 cm³/mol. The van der Waals surface area contributed by atoms with Crippen LogP contribution in [0.5, 0.6) is 0 Å². The monoisotopic (exact) mass is 275 g/mol. The summed E-state index contributed by atoms with van der Waals surface area (Å²) in [6, 6.07) is 13.3. The van der Waals surface area contributed by atoms with Crippen LogP contribution in [0.2, 0.25) is 0 Å². The maximum Gasteiger partial charge on any atom is 0.123 e. The van der Waals surface area contributed by atoms with E-state index in [1.807, 2.05) is 18.2 Å². The minimum absolute atomic E-state index is 0.191. The van der Waals surface area contributed by atoms with Gasteiger partial charge in [-0.05, 0) is 54.8 Å². The maximum absolute atomic E-state index is 13.2. The highest BCUT2D eigenvalue weighted by molar-refractivity contribution is 7.98. The van der Waals surface area contributed by atoms with Gasteiger partial charge in [-0.25, -0.2) is 4.39 Å². The zero-order chi connectivity index (χ0) is 13.7. The molecule has 0 aliphatic heterocycles. The molecule has 0 amide bonds. The molecule has 0 atom stereocenters. The molecule has 2 N–H and O–H groups in total. The minimum Gasteiger partial charge on any atom is -0.330 e. The number of aryl methyl sites for hydroxylation is 1. The average molecular weight is 275 g/mol. The summed E-state index contributed by atoms with van der Waals surface area (Å²) in [5.74, 6) is 0.708. The molecule has 0 aliphatic carbocycles. The first kappa shape index (κ1) is 14.1. The van der Waals surface area contributed by atoms with Crippen LogP contribution in [0.25, 0.3) is 0 Å². The summed E-state index contributed by atoms with van der Waals surface area (Å²) < 4.78 is 13.2. The molecule has 3 heteroatoms. The van der Waals surface area contributed by atoms with E-state index >= 15 is 0 Å². The Morgan fingerprint density at radius 2 is 1.89 bits per heavy atom. The van der Waals surface area contributed by atoms with Crippen LogP contribution in [0.4, 0.5) is 4.39 Å². The topological polar surface area (TPSA) is 26.0 Å². The number of thioether (sulfide) groups is 1. The molecule has 0 fully saturated rings. The Kier molecular flexibility index (Phi) is 5.00. The number of nitrogens with two attached hydrogens (primary N) is 1. The summed E-state index contributed by atoms with van der Waals surface area (Å²) in [7, 11) is 0. The number of hydrogen-bond donors (Lipinski definition) is 1. The van der Waals surface area contributed by atoms with E-state index in [2.05, 4.69) is 19.1 Å². The van der Waals surface area contributed by atoms with Crippen LogP contribution in [0.15, 0.2) is 47.4 Å². The fourth-order valence-electron chi connectivity index (χ4n) is 1.97. The summed E-state index contributed by atoms with van der Waals surface area (Å²) in [4.78, 5) is 1.12. The minimum atomic E-state index is -0.191. The SMILES string of the molecule is Cc1ccccc1CSc1ccc(F)cc1CCN. The highest BCUT2D eigenvalue weighted by Gasteiger charge is 2.06. The Balaban J connectivity index is 2.13. The Morgan fingerprint density at radius 1 is 1.11 bits per heavy atom. The summed E-state index contributed by atoms with van der Waals surface area (Å²) in [6.45, 7) is 2.66. The summed E-state index contributed by atoms with van der Waals surface area (Å²) in [5.41, 5.74) is 9.18. The third-order valence-corrected chi connectivity index (χ3v) is 4.25. The van der Waals surface area contributed by atoms with Crippen molar-refractivity contribution in [1.82, 2.24) is 0 Å². The smallest absolute Gasteiger partial charge is 0.123 e. The molecule has 0 saturated heterocycles. The molecule has 0 heterocycles. The van der Waals surface area contributed by atoms with Gasteiger partial charge in [-0.1, -0.05) is 24.3 Å². The lowest BCUT2D eigenvalue weighted by Gasteiger charge is -2.10. The standard InChI is InChI=1S/C16H18FNS/c1-12-4-2-3-5-14(12)11-19-16-7-6-15(17)10-13(16)8-9-18/h2-7,10H,8-9,11,18H2,1H3. The van der Waals surface area contributed by atoms with Crippen molar-refractivity contribution in [1.29, 1.82) is 0 Å². The Morgan fingerprint density at radius 3 is 2.63 bits per heavy atom. The highest BCUT2D eigenvalue weighted by Crippen LogP contribution is 2.28. The molecular weight excluding hydrogens is 257 g/mol. The van der Waals surface area contributed by atoms with Crippen LogP contribution in [-0.2, 0) is 12.2 Å². The van der Waals surface area contributed by atoms with Crippen molar-refractivity contribution < 1.29 is 4.39 Å². The van der Waals surface area contributed by atoms with E-state index in [-0.39, 0.29) is 5.82 Å². The van der Waals surface area contributed by atoms with Gasteiger partial charge in [-0.15, -0.1) is 11.8 Å². The molecule has 0 spiro atoms. The van der Waals surface area contributed by atoms with Crippen LogP contribution in [0.3, 0.4) is 0 Å². The third-order valence-electron chi connectivity index (χ3n) is 3.08. The molecule has 1 nitrogen and oxygen atoms in total. The predicted octanol–water partition coefficient (Wildman–Crippen LogP) is 3.93. The summed E-state index contributed by atoms with van der Waals surface area (Å²) in [5, 5.41) is 0. The molecular formula is C16H18FNS. The zero-order valence-electron chi connectivity index (χ0n) is 11.0. The van der Waals surface area contributed by atoms with E-state index in [0.29, 0.717) is 13.0 Å². The molecule has 0 saturated carbocycles. The van der Waals surface area contributed by atoms with Crippen molar-refractivity contribution in [2.75, 3.05) is 6.54 Å². The Labute approximate surface area is 118 Å². The first-order valence-corrected chi connectivity index (χ1v) is 7.35. The van der Waals surface area contributed by atoms with E-state index in [4.69, 9.17) is 5.73 Å². The van der Waals surface area contributed by atoms with Crippen LogP contribution in [0.1, 0.15) is 16.7 Å². The van der Waals surface area contributed by atoms with Gasteiger partial charge in [0.25, 0.3) is 0 Å². The number of benzene rings is 2. The van der Waals surface area contributed by atoms with E-state index < -0.39 is 0 Å². The molecule has 100 valence electrons. The zero-order valence-corrected chi connectivity index (χ0v) is 11.8. The first-order valence-electron chi connectivity index (χ1n) is 6.36. The quantitative estimate of drug-likeness (QED) is 0.837. The van der Waals surface area contributed by atoms with Gasteiger partial charge in [0, 0.05) is 10.6 Å². The number of rotatable bonds is 5. The molecule has 0 unspecified atom stereocenters. The lowest BCUT2D eigenvalue weighted by Crippen LogP contribution is -2.04. The van der Waals surface area contributed by atoms with Gasteiger partial charge in [-0.3, -0.25) is 0 Å². The van der Waals surface area contributed by atoms with E-state index in [9.17, 15) is 4.39 Å². The van der Waals surface area contributed by atoms with Gasteiger partial charge in [-0.2, -0.15) is 0 Å². The maximum atomic E-state index is 13.2. The van der Waals surface area contributed by atoms with E-state index in [1.54, 1.807) is 17.8 Å². The summed E-state index contributed by atoms with van der Waals surface area (Å²) >= 11 is 1.74. The Bertz CT molecular complexity index is 554. The molecule has 2 aromatic carbocycles. The van der Waals surface area contributed by atoms with E-state index in [0.717, 1.165) is 16.2 Å². The lowest BCUT2D eigenvalue weighted by atomic mass is 10.1. The molecule has 2 rings (SSSR count). The van der Waals surface area contributed by atoms with Crippen molar-refractivity contribution >= 4 is 11.8 Å². The number of hydrogen-bond acceptors (Lipinski definition) is 2. The number of halogens is 1. The van der Waals surface area contributed by atoms with Gasteiger partial charge in [0.1, 0.15) is 5.82 Å². The van der Waals surface area contributed by atoms with Crippen molar-refractivity contribution in [3.63, 3.8) is 0 Å². The molecule has 2 aromatic rings. The second-order valence-corrected chi connectivity index (χ2v) is 5.52. The lowest BCUT2D eigenvalue weighted by molar-refractivity contribution is 0.623. The van der Waals surface area contributed by atoms with Crippen LogP contribution < -0.4 is 5.73 Å². The normalized spacial score (nSPS) is 10.7. The van der Waals surface area contributed by atoms with Crippen LogP contribution >= 0.6 is 11.8 Å². The average Bonchev–Trinajstić information content (AvgIpc) is 2.40. The molecule has 0 bridgehead atoms. The van der Waals surface area contributed by atoms with Gasteiger partial charge >= 0.3 is 0 Å². The van der Waals surface area contributed by atoms with Crippen molar-refractivity contribution in [2.45, 2.75) is 24.0 Å². The van der Waals surface area contributed by atoms with Gasteiger partial charge in [0.15, 0.2) is 0 Å². The first-order chi connectivity index (χ1) is 9.20. The van der Waals surface area contributed by atoms with Gasteiger partial charge in [0.05, 0.1) is 0 Å². The fourth-order valence-corrected chi connectivity index (χ4v) is 3.11. The van der Waals surface area contributed by atoms with E-state index in [1.165, 1.54) is 17.2 Å². The van der Waals surface area contributed by atoms with Crippen molar-refractivity contribution in [2.24, 2.45) is 5.73 Å². The van der Waals surface area contributed by atoms with Crippen molar-refractivity contribution in [3.05, 3.63) is 65.0 Å². The Hall–Kier alpha value is -1.32. The third kappa shape index (κ3) is 3.82. The van der Waals surface area contributed by atoms with Crippen molar-refractivity contribution in [3.8, 4) is 0 Å². The second-order valence-electron chi connectivity index (χ2n) is 4.51. The second kappa shape index (κ2) is 6.73. The molecule has 0 aromatic heterocycles. The fraction of sp³-hybridized carbons (Fsp3) is 0.250. The van der Waals surface area contributed by atoms with Gasteiger partial charge in [0.2, 0.25) is 0 Å². The largest absolute Gasteiger partial charge is 0.330 e. The molecule has 0 radical (unpaired) electrons. The van der Waals surface area contributed by atoms with Crippen LogP contribution in [-0.4, -0.2) is 6.54 Å². The highest BCUT2D eigenvalue weighted by atomic mass is 32.2. The molecule has 0 aliphatic rings. The summed E-state index contributed by atoms with van der Waals surface area (Å²) in [6.07, 6.45) is 0.716. The van der Waals surface area contributed by atoms with Gasteiger partial charge < -0.3 is 5.73 Å². The van der Waals surface area contributed by atoms with Crippen LogP contribution in [0, 0.1) is 12.7 Å².